The summed E-state index contributed by atoms with van der Waals surface area (Å²) in [6.07, 6.45) is 1.27. The molecule has 0 bridgehead atoms. The molecule has 1 aromatic rings. The third kappa shape index (κ3) is 4.11. The first-order valence-electron chi connectivity index (χ1n) is 7.76. The van der Waals surface area contributed by atoms with Crippen LogP contribution in [0, 0.1) is 5.41 Å². The number of carbonyl (C=O) groups is 1. The third-order valence-electron chi connectivity index (χ3n) is 4.07. The SMILES string of the molecule is CC(C)(C)C(c1cc(CCO)cc(Cl)c1Cl)N(C(=O)O)C1CC1. The minimum Gasteiger partial charge on any atom is -0.465 e. The fourth-order valence-corrected chi connectivity index (χ4v) is 3.47. The Bertz CT molecular complexity index is 594. The van der Waals surface area contributed by atoms with Gasteiger partial charge in [-0.25, -0.2) is 4.79 Å². The maximum Gasteiger partial charge on any atom is 0.408 e. The Morgan fingerprint density at radius 3 is 2.39 bits per heavy atom. The standard InChI is InChI=1S/C17H23Cl2NO3/c1-17(2,3)15(20(16(22)23)11-4-5-11)12-8-10(6-7-21)9-13(18)14(12)19/h8-9,11,15,21H,4-7H2,1-3H3,(H,22,23). The Hall–Kier alpha value is -0.970. The number of carboxylic acid groups (broad SMARTS) is 1. The molecule has 2 N–H and O–H groups in total. The molecule has 6 heteroatoms. The molecule has 23 heavy (non-hydrogen) atoms. The van der Waals surface area contributed by atoms with E-state index in [1.165, 1.54) is 4.90 Å². The van der Waals surface area contributed by atoms with Crippen LogP contribution in [0.1, 0.15) is 50.8 Å². The van der Waals surface area contributed by atoms with E-state index in [1.54, 1.807) is 6.07 Å². The largest absolute Gasteiger partial charge is 0.465 e. The molecule has 1 aromatic carbocycles. The summed E-state index contributed by atoms with van der Waals surface area (Å²) in [6, 6.07) is 3.24. The number of nitrogens with zero attached hydrogens (tertiary/aromatic N) is 1. The Labute approximate surface area is 147 Å². The third-order valence-corrected chi connectivity index (χ3v) is 4.89. The molecule has 1 atom stereocenters. The molecule has 1 aliphatic carbocycles. The van der Waals surface area contributed by atoms with Gasteiger partial charge in [0, 0.05) is 12.6 Å². The molecule has 2 rings (SSSR count). The molecule has 0 aliphatic heterocycles. The second-order valence-corrected chi connectivity index (χ2v) is 7.93. The normalized spacial score (nSPS) is 16.3. The number of halogens is 2. The van der Waals surface area contributed by atoms with Gasteiger partial charge in [0.1, 0.15) is 0 Å². The highest BCUT2D eigenvalue weighted by atomic mass is 35.5. The number of aliphatic hydroxyl groups is 1. The van der Waals surface area contributed by atoms with Crippen LogP contribution in [0.4, 0.5) is 4.79 Å². The second-order valence-electron chi connectivity index (χ2n) is 7.14. The topological polar surface area (TPSA) is 60.8 Å². The van der Waals surface area contributed by atoms with Crippen LogP contribution >= 0.6 is 23.2 Å². The summed E-state index contributed by atoms with van der Waals surface area (Å²) in [5.74, 6) is 0. The first kappa shape index (κ1) is 18.4. The minimum absolute atomic E-state index is 0.00283. The summed E-state index contributed by atoms with van der Waals surface area (Å²) in [6.45, 7) is 6.00. The van der Waals surface area contributed by atoms with E-state index in [9.17, 15) is 15.0 Å². The van der Waals surface area contributed by atoms with Crippen LogP contribution in [0.3, 0.4) is 0 Å². The van der Waals surface area contributed by atoms with E-state index in [0.29, 0.717) is 22.0 Å². The molecule has 1 unspecified atom stereocenters. The summed E-state index contributed by atoms with van der Waals surface area (Å²) >= 11 is 12.7. The monoisotopic (exact) mass is 359 g/mol. The van der Waals surface area contributed by atoms with Crippen LogP contribution < -0.4 is 0 Å². The van der Waals surface area contributed by atoms with E-state index in [-0.39, 0.29) is 18.1 Å². The zero-order chi connectivity index (χ0) is 17.4. The molecular weight excluding hydrogens is 337 g/mol. The quantitative estimate of drug-likeness (QED) is 0.796. The van der Waals surface area contributed by atoms with Crippen molar-refractivity contribution in [3.05, 3.63) is 33.3 Å². The van der Waals surface area contributed by atoms with Crippen molar-refractivity contribution in [2.24, 2.45) is 5.41 Å². The van der Waals surface area contributed by atoms with Crippen molar-refractivity contribution in [2.75, 3.05) is 6.61 Å². The van der Waals surface area contributed by atoms with Gasteiger partial charge in [0.05, 0.1) is 16.1 Å². The minimum atomic E-state index is -0.938. The highest BCUT2D eigenvalue weighted by molar-refractivity contribution is 6.42. The summed E-state index contributed by atoms with van der Waals surface area (Å²) in [5, 5.41) is 19.7. The van der Waals surface area contributed by atoms with Gasteiger partial charge >= 0.3 is 6.09 Å². The lowest BCUT2D eigenvalue weighted by Crippen LogP contribution is -2.42. The van der Waals surface area contributed by atoms with E-state index in [4.69, 9.17) is 23.2 Å². The van der Waals surface area contributed by atoms with Gasteiger partial charge in [0.25, 0.3) is 0 Å². The van der Waals surface area contributed by atoms with Crippen molar-refractivity contribution in [2.45, 2.75) is 52.1 Å². The van der Waals surface area contributed by atoms with Crippen molar-refractivity contribution in [3.63, 3.8) is 0 Å². The predicted octanol–water partition coefficient (Wildman–Crippen LogP) is 4.76. The number of rotatable bonds is 5. The van der Waals surface area contributed by atoms with Crippen LogP contribution in [0.15, 0.2) is 12.1 Å². The van der Waals surface area contributed by atoms with Crippen molar-refractivity contribution >= 4 is 29.3 Å². The Balaban J connectivity index is 2.57. The molecular formula is C17H23Cl2NO3. The number of hydrogen-bond donors (Lipinski definition) is 2. The fraction of sp³-hybridized carbons (Fsp3) is 0.588. The second kappa shape index (κ2) is 6.88. The van der Waals surface area contributed by atoms with Gasteiger partial charge < -0.3 is 10.2 Å². The van der Waals surface area contributed by atoms with Gasteiger partial charge in [-0.1, -0.05) is 50.0 Å². The number of benzene rings is 1. The molecule has 1 amide bonds. The molecule has 1 saturated carbocycles. The summed E-state index contributed by atoms with van der Waals surface area (Å²) in [7, 11) is 0. The number of amides is 1. The molecule has 1 fully saturated rings. The van der Waals surface area contributed by atoms with Crippen LogP contribution in [0.2, 0.25) is 10.0 Å². The molecule has 1 aliphatic rings. The van der Waals surface area contributed by atoms with Gasteiger partial charge in [-0.2, -0.15) is 0 Å². The maximum absolute atomic E-state index is 11.9. The maximum atomic E-state index is 11.9. The highest BCUT2D eigenvalue weighted by Gasteiger charge is 2.44. The fourth-order valence-electron chi connectivity index (χ4n) is 3.00. The Morgan fingerprint density at radius 2 is 1.96 bits per heavy atom. The average Bonchev–Trinajstić information content (AvgIpc) is 3.23. The summed E-state index contributed by atoms with van der Waals surface area (Å²) in [5.41, 5.74) is 1.22. The van der Waals surface area contributed by atoms with E-state index in [0.717, 1.165) is 18.4 Å². The predicted molar refractivity (Wildman–Crippen MR) is 92.3 cm³/mol. The number of hydrogen-bond acceptors (Lipinski definition) is 2. The summed E-state index contributed by atoms with van der Waals surface area (Å²) in [4.78, 5) is 13.4. The van der Waals surface area contributed by atoms with E-state index in [1.807, 2.05) is 26.8 Å². The molecule has 128 valence electrons. The lowest BCUT2D eigenvalue weighted by atomic mass is 9.80. The molecule has 0 aromatic heterocycles. The Morgan fingerprint density at radius 1 is 1.35 bits per heavy atom. The van der Waals surface area contributed by atoms with Crippen molar-refractivity contribution in [1.29, 1.82) is 0 Å². The van der Waals surface area contributed by atoms with E-state index < -0.39 is 12.1 Å². The van der Waals surface area contributed by atoms with Gasteiger partial charge in [-0.3, -0.25) is 4.90 Å². The van der Waals surface area contributed by atoms with Crippen LogP contribution in [-0.2, 0) is 6.42 Å². The average molecular weight is 360 g/mol. The number of aliphatic hydroxyl groups excluding tert-OH is 1. The zero-order valence-electron chi connectivity index (χ0n) is 13.6. The zero-order valence-corrected chi connectivity index (χ0v) is 15.2. The molecule has 0 spiro atoms. The van der Waals surface area contributed by atoms with Crippen molar-refractivity contribution < 1.29 is 15.0 Å². The van der Waals surface area contributed by atoms with Crippen LogP contribution in [-0.4, -0.2) is 33.9 Å². The molecule has 0 heterocycles. The highest BCUT2D eigenvalue weighted by Crippen LogP contribution is 2.47. The van der Waals surface area contributed by atoms with Gasteiger partial charge in [-0.15, -0.1) is 0 Å². The lowest BCUT2D eigenvalue weighted by molar-refractivity contribution is 0.0767. The van der Waals surface area contributed by atoms with Crippen LogP contribution in [0.25, 0.3) is 0 Å². The first-order valence-corrected chi connectivity index (χ1v) is 8.52. The van der Waals surface area contributed by atoms with E-state index >= 15 is 0 Å². The molecule has 4 nitrogen and oxygen atoms in total. The van der Waals surface area contributed by atoms with Crippen molar-refractivity contribution in [3.8, 4) is 0 Å². The first-order chi connectivity index (χ1) is 10.7. The van der Waals surface area contributed by atoms with E-state index in [2.05, 4.69) is 0 Å². The van der Waals surface area contributed by atoms with Crippen molar-refractivity contribution in [1.82, 2.24) is 4.90 Å². The lowest BCUT2D eigenvalue weighted by Gasteiger charge is -2.40. The van der Waals surface area contributed by atoms with Crippen LogP contribution in [0.5, 0.6) is 0 Å². The Kier molecular flexibility index (Phi) is 5.49. The van der Waals surface area contributed by atoms with Gasteiger partial charge in [0.2, 0.25) is 0 Å². The van der Waals surface area contributed by atoms with Gasteiger partial charge in [0.15, 0.2) is 0 Å². The molecule has 0 saturated heterocycles. The smallest absolute Gasteiger partial charge is 0.408 e. The summed E-state index contributed by atoms with van der Waals surface area (Å²) < 4.78 is 0. The van der Waals surface area contributed by atoms with Gasteiger partial charge in [-0.05, 0) is 41.9 Å². The molecule has 0 radical (unpaired) electrons.